The molecule has 0 unspecified atom stereocenters. The van der Waals surface area contributed by atoms with Crippen LogP contribution in [0, 0.1) is 0 Å². The van der Waals surface area contributed by atoms with Crippen LogP contribution in [0.2, 0.25) is 0 Å². The number of hydrogen-bond acceptors (Lipinski definition) is 5. The van der Waals surface area contributed by atoms with Crippen molar-refractivity contribution in [3.63, 3.8) is 0 Å². The van der Waals surface area contributed by atoms with E-state index in [1.807, 2.05) is 0 Å². The number of hydrogen-bond donors (Lipinski definition) is 3. The van der Waals surface area contributed by atoms with E-state index in [4.69, 9.17) is 5.11 Å². The number of carbonyl (C=O) groups is 1. The molecule has 7 heteroatoms. The highest BCUT2D eigenvalue weighted by molar-refractivity contribution is 6.03. The lowest BCUT2D eigenvalue weighted by molar-refractivity contribution is 0.0697. The van der Waals surface area contributed by atoms with Crippen molar-refractivity contribution in [3.05, 3.63) is 18.0 Å². The number of aliphatic hydroxyl groups excluding tert-OH is 1. The van der Waals surface area contributed by atoms with Gasteiger partial charge in [-0.3, -0.25) is 4.68 Å². The molecule has 0 saturated carbocycles. The van der Waals surface area contributed by atoms with Crippen molar-refractivity contribution in [1.29, 1.82) is 0 Å². The Morgan fingerprint density at radius 1 is 1.29 bits per heavy atom. The number of nitrogens with zero attached hydrogens (tertiary/aromatic N) is 3. The normalized spacial score (nSPS) is 11.0. The van der Waals surface area contributed by atoms with Gasteiger partial charge < -0.3 is 15.5 Å². The molecule has 0 fully saturated rings. The zero-order valence-corrected chi connectivity index (χ0v) is 12.0. The van der Waals surface area contributed by atoms with Gasteiger partial charge in [-0.05, 0) is 12.8 Å². The molecule has 2 rings (SSSR count). The van der Waals surface area contributed by atoms with Crippen LogP contribution in [-0.2, 0) is 7.05 Å². The van der Waals surface area contributed by atoms with Gasteiger partial charge in [0.25, 0.3) is 0 Å². The molecule has 2 heterocycles. The molecule has 0 aliphatic carbocycles. The SMILES string of the molecule is Cn1ncc2c(NCCCCCCO)c(C(=O)O)cnc21. The number of pyridine rings is 1. The van der Waals surface area contributed by atoms with E-state index < -0.39 is 5.97 Å². The molecular formula is C14H20N4O3. The number of nitrogens with one attached hydrogen (secondary N) is 1. The Bertz CT molecular complexity index is 624. The molecule has 0 aromatic carbocycles. The molecule has 2 aromatic heterocycles. The summed E-state index contributed by atoms with van der Waals surface area (Å²) in [5.74, 6) is -1.00. The van der Waals surface area contributed by atoms with Gasteiger partial charge in [0.1, 0.15) is 5.56 Å². The van der Waals surface area contributed by atoms with E-state index in [2.05, 4.69) is 15.4 Å². The molecule has 0 spiro atoms. The molecule has 0 aliphatic rings. The summed E-state index contributed by atoms with van der Waals surface area (Å²) >= 11 is 0. The molecule has 7 nitrogen and oxygen atoms in total. The summed E-state index contributed by atoms with van der Waals surface area (Å²) in [4.78, 5) is 15.5. The van der Waals surface area contributed by atoms with Gasteiger partial charge in [-0.25, -0.2) is 9.78 Å². The van der Waals surface area contributed by atoms with Crippen molar-refractivity contribution in [2.45, 2.75) is 25.7 Å². The van der Waals surface area contributed by atoms with Crippen LogP contribution in [0.1, 0.15) is 36.0 Å². The molecule has 0 radical (unpaired) electrons. The van der Waals surface area contributed by atoms with Gasteiger partial charge >= 0.3 is 5.97 Å². The number of aliphatic hydroxyl groups is 1. The van der Waals surface area contributed by atoms with Crippen molar-refractivity contribution >= 4 is 22.7 Å². The highest BCUT2D eigenvalue weighted by atomic mass is 16.4. The maximum absolute atomic E-state index is 11.3. The lowest BCUT2D eigenvalue weighted by Gasteiger charge is -2.10. The first-order chi connectivity index (χ1) is 10.1. The van der Waals surface area contributed by atoms with Crippen molar-refractivity contribution in [1.82, 2.24) is 14.8 Å². The van der Waals surface area contributed by atoms with E-state index in [0.717, 1.165) is 25.7 Å². The number of unbranched alkanes of at least 4 members (excludes halogenated alkanes) is 3. The van der Waals surface area contributed by atoms with Gasteiger partial charge in [-0.15, -0.1) is 0 Å². The van der Waals surface area contributed by atoms with E-state index in [-0.39, 0.29) is 12.2 Å². The Balaban J connectivity index is 2.12. The van der Waals surface area contributed by atoms with Gasteiger partial charge in [0, 0.05) is 26.4 Å². The summed E-state index contributed by atoms with van der Waals surface area (Å²) in [6.45, 7) is 0.900. The zero-order valence-electron chi connectivity index (χ0n) is 12.0. The summed E-state index contributed by atoms with van der Waals surface area (Å²) in [5, 5.41) is 26.0. The highest BCUT2D eigenvalue weighted by Crippen LogP contribution is 2.25. The van der Waals surface area contributed by atoms with Crippen LogP contribution in [0.4, 0.5) is 5.69 Å². The highest BCUT2D eigenvalue weighted by Gasteiger charge is 2.16. The Labute approximate surface area is 122 Å². The van der Waals surface area contributed by atoms with E-state index in [1.165, 1.54) is 6.20 Å². The van der Waals surface area contributed by atoms with Crippen LogP contribution in [0.3, 0.4) is 0 Å². The molecule has 114 valence electrons. The number of aromatic nitrogens is 3. The monoisotopic (exact) mass is 292 g/mol. The van der Waals surface area contributed by atoms with Gasteiger partial charge in [0.15, 0.2) is 5.65 Å². The standard InChI is InChI=1S/C14H20N4O3/c1-18-13-10(9-17-18)12(11(8-16-13)14(20)21)15-6-4-2-3-5-7-19/h8-9,19H,2-7H2,1H3,(H,15,16)(H,20,21). The smallest absolute Gasteiger partial charge is 0.339 e. The third-order valence-electron chi connectivity index (χ3n) is 3.38. The average Bonchev–Trinajstić information content (AvgIpc) is 2.84. The number of aryl methyl sites for hydroxylation is 1. The van der Waals surface area contributed by atoms with Crippen molar-refractivity contribution in [3.8, 4) is 0 Å². The fourth-order valence-electron chi connectivity index (χ4n) is 2.25. The van der Waals surface area contributed by atoms with Gasteiger partial charge in [0.05, 0.1) is 17.3 Å². The lowest BCUT2D eigenvalue weighted by atomic mass is 10.1. The molecule has 0 bridgehead atoms. The number of anilines is 1. The Kier molecular flexibility index (Phi) is 5.10. The second-order valence-corrected chi connectivity index (χ2v) is 4.92. The number of rotatable bonds is 8. The molecule has 2 aromatic rings. The number of carboxylic acid groups (broad SMARTS) is 1. The molecule has 21 heavy (non-hydrogen) atoms. The van der Waals surface area contributed by atoms with Crippen LogP contribution in [0.15, 0.2) is 12.4 Å². The Morgan fingerprint density at radius 3 is 2.76 bits per heavy atom. The second kappa shape index (κ2) is 7.03. The second-order valence-electron chi connectivity index (χ2n) is 4.92. The number of aromatic carboxylic acids is 1. The van der Waals surface area contributed by atoms with Gasteiger partial charge in [0.2, 0.25) is 0 Å². The van der Waals surface area contributed by atoms with Crippen LogP contribution in [-0.4, -0.2) is 44.1 Å². The maximum atomic E-state index is 11.3. The van der Waals surface area contributed by atoms with E-state index in [1.54, 1.807) is 17.9 Å². The van der Waals surface area contributed by atoms with Crippen molar-refractivity contribution < 1.29 is 15.0 Å². The molecule has 0 amide bonds. The molecule has 3 N–H and O–H groups in total. The third kappa shape index (κ3) is 3.49. The molecular weight excluding hydrogens is 272 g/mol. The maximum Gasteiger partial charge on any atom is 0.339 e. The van der Waals surface area contributed by atoms with E-state index in [9.17, 15) is 9.90 Å². The first-order valence-corrected chi connectivity index (χ1v) is 7.04. The van der Waals surface area contributed by atoms with E-state index in [0.29, 0.717) is 23.3 Å². The fraction of sp³-hybridized carbons (Fsp3) is 0.500. The minimum atomic E-state index is -1.00. The first kappa shape index (κ1) is 15.2. The Hall–Kier alpha value is -2.15. The summed E-state index contributed by atoms with van der Waals surface area (Å²) in [6, 6.07) is 0. The van der Waals surface area contributed by atoms with Gasteiger partial charge in [-0.2, -0.15) is 5.10 Å². The largest absolute Gasteiger partial charge is 0.478 e. The fourth-order valence-corrected chi connectivity index (χ4v) is 2.25. The lowest BCUT2D eigenvalue weighted by Crippen LogP contribution is -2.09. The molecule has 0 atom stereocenters. The summed E-state index contributed by atoms with van der Waals surface area (Å²) in [5.41, 5.74) is 1.39. The van der Waals surface area contributed by atoms with Crippen LogP contribution < -0.4 is 5.32 Å². The average molecular weight is 292 g/mol. The minimum absolute atomic E-state index is 0.158. The minimum Gasteiger partial charge on any atom is -0.478 e. The van der Waals surface area contributed by atoms with E-state index >= 15 is 0 Å². The third-order valence-corrected chi connectivity index (χ3v) is 3.38. The summed E-state index contributed by atoms with van der Waals surface area (Å²) in [6.07, 6.45) is 6.69. The quantitative estimate of drug-likeness (QED) is 0.639. The Morgan fingerprint density at radius 2 is 2.05 bits per heavy atom. The predicted octanol–water partition coefficient (Wildman–Crippen LogP) is 1.63. The van der Waals surface area contributed by atoms with Crippen LogP contribution in [0.25, 0.3) is 11.0 Å². The van der Waals surface area contributed by atoms with Crippen molar-refractivity contribution in [2.24, 2.45) is 7.05 Å². The topological polar surface area (TPSA) is 100 Å². The first-order valence-electron chi connectivity index (χ1n) is 7.04. The van der Waals surface area contributed by atoms with Crippen molar-refractivity contribution in [2.75, 3.05) is 18.5 Å². The zero-order chi connectivity index (χ0) is 15.2. The number of fused-ring (bicyclic) bond motifs is 1. The number of carboxylic acids is 1. The summed E-state index contributed by atoms with van der Waals surface area (Å²) < 4.78 is 1.62. The molecule has 0 saturated heterocycles. The van der Waals surface area contributed by atoms with Crippen LogP contribution >= 0.6 is 0 Å². The molecule has 0 aliphatic heterocycles. The summed E-state index contributed by atoms with van der Waals surface area (Å²) in [7, 11) is 1.77. The predicted molar refractivity (Wildman–Crippen MR) is 79.5 cm³/mol. The van der Waals surface area contributed by atoms with Crippen LogP contribution in [0.5, 0.6) is 0 Å². The van der Waals surface area contributed by atoms with Gasteiger partial charge in [-0.1, -0.05) is 12.8 Å².